The molecule has 0 radical (unpaired) electrons. The van der Waals surface area contributed by atoms with Gasteiger partial charge in [0.15, 0.2) is 0 Å². The Morgan fingerprint density at radius 1 is 1.10 bits per heavy atom. The lowest BCUT2D eigenvalue weighted by molar-refractivity contribution is 0.459. The van der Waals surface area contributed by atoms with Crippen molar-refractivity contribution in [3.63, 3.8) is 0 Å². The van der Waals surface area contributed by atoms with Crippen LogP contribution in [0.5, 0.6) is 5.75 Å². The van der Waals surface area contributed by atoms with E-state index in [0.717, 1.165) is 17.0 Å². The Balaban J connectivity index is 1.97. The molecule has 2 nitrogen and oxygen atoms in total. The average molecular weight is 345 g/mol. The van der Waals surface area contributed by atoms with Gasteiger partial charge in [-0.05, 0) is 43.2 Å². The number of halogens is 3. The number of nitrogens with one attached hydrogen (secondary N) is 1. The highest BCUT2D eigenvalue weighted by atomic mass is 35.5. The summed E-state index contributed by atoms with van der Waals surface area (Å²) in [5.41, 5.74) is 1.85. The lowest BCUT2D eigenvalue weighted by Gasteiger charge is -2.15. The van der Waals surface area contributed by atoms with Crippen molar-refractivity contribution in [1.82, 2.24) is 5.32 Å². The summed E-state index contributed by atoms with van der Waals surface area (Å²) in [6.45, 7) is 2.57. The van der Waals surface area contributed by atoms with Gasteiger partial charge in [0, 0.05) is 28.2 Å². The smallest absolute Gasteiger partial charge is 0.138 e. The van der Waals surface area contributed by atoms with E-state index in [2.05, 4.69) is 12.2 Å². The quantitative estimate of drug-likeness (QED) is 0.793. The first-order chi connectivity index (χ1) is 9.95. The Morgan fingerprint density at radius 3 is 2.57 bits per heavy atom. The summed E-state index contributed by atoms with van der Waals surface area (Å²) >= 11 is 17.8. The van der Waals surface area contributed by atoms with E-state index in [-0.39, 0.29) is 16.8 Å². The van der Waals surface area contributed by atoms with Crippen LogP contribution in [0.15, 0.2) is 36.4 Å². The monoisotopic (exact) mass is 343 g/mol. The van der Waals surface area contributed by atoms with Gasteiger partial charge in [0.25, 0.3) is 0 Å². The van der Waals surface area contributed by atoms with Crippen LogP contribution in [-0.2, 0) is 13.0 Å². The second kappa shape index (κ2) is 7.37. The molecule has 2 rings (SSSR count). The molecule has 0 saturated heterocycles. The van der Waals surface area contributed by atoms with Gasteiger partial charge >= 0.3 is 0 Å². The molecule has 0 spiro atoms. The Labute approximate surface area is 139 Å². The number of hydrogen-bond acceptors (Lipinski definition) is 2. The highest BCUT2D eigenvalue weighted by Gasteiger charge is 2.10. The number of phenols is 1. The van der Waals surface area contributed by atoms with Crippen LogP contribution < -0.4 is 5.32 Å². The van der Waals surface area contributed by atoms with Gasteiger partial charge < -0.3 is 10.4 Å². The van der Waals surface area contributed by atoms with E-state index < -0.39 is 0 Å². The number of phenolic OH excluding ortho intramolecular Hbond substituents is 1. The molecule has 1 unspecified atom stereocenters. The zero-order valence-electron chi connectivity index (χ0n) is 11.5. The SMILES string of the molecule is CC(Cc1cccc(Cl)c1)NCc1cc(Cl)cc(Cl)c1O. The molecule has 21 heavy (non-hydrogen) atoms. The van der Waals surface area contributed by atoms with Crippen LogP contribution in [-0.4, -0.2) is 11.1 Å². The molecule has 112 valence electrons. The van der Waals surface area contributed by atoms with Gasteiger partial charge in [-0.2, -0.15) is 0 Å². The minimum absolute atomic E-state index is 0.0727. The van der Waals surface area contributed by atoms with Gasteiger partial charge in [-0.3, -0.25) is 0 Å². The van der Waals surface area contributed by atoms with E-state index in [9.17, 15) is 5.11 Å². The van der Waals surface area contributed by atoms with Crippen LogP contribution in [0.3, 0.4) is 0 Å². The van der Waals surface area contributed by atoms with Crippen LogP contribution in [0, 0.1) is 0 Å². The Morgan fingerprint density at radius 2 is 1.86 bits per heavy atom. The molecular weight excluding hydrogens is 329 g/mol. The van der Waals surface area contributed by atoms with Gasteiger partial charge in [0.2, 0.25) is 0 Å². The van der Waals surface area contributed by atoms with E-state index in [0.29, 0.717) is 17.1 Å². The molecule has 2 aromatic carbocycles. The Bertz CT molecular complexity index is 631. The third-order valence-electron chi connectivity index (χ3n) is 3.18. The summed E-state index contributed by atoms with van der Waals surface area (Å²) in [5.74, 6) is 0.0727. The summed E-state index contributed by atoms with van der Waals surface area (Å²) in [6.07, 6.45) is 0.843. The summed E-state index contributed by atoms with van der Waals surface area (Å²) in [6, 6.07) is 11.2. The van der Waals surface area contributed by atoms with E-state index in [4.69, 9.17) is 34.8 Å². The van der Waals surface area contributed by atoms with E-state index >= 15 is 0 Å². The Hall–Kier alpha value is -0.930. The fourth-order valence-corrected chi connectivity index (χ4v) is 2.88. The van der Waals surface area contributed by atoms with Gasteiger partial charge in [-0.25, -0.2) is 0 Å². The minimum atomic E-state index is 0.0727. The molecular formula is C16H16Cl3NO. The maximum absolute atomic E-state index is 9.91. The van der Waals surface area contributed by atoms with Crippen LogP contribution in [0.25, 0.3) is 0 Å². The molecule has 0 aliphatic rings. The van der Waals surface area contributed by atoms with Crippen molar-refractivity contribution in [2.45, 2.75) is 25.9 Å². The van der Waals surface area contributed by atoms with Crippen molar-refractivity contribution in [3.05, 3.63) is 62.6 Å². The summed E-state index contributed by atoms with van der Waals surface area (Å²) < 4.78 is 0. The molecule has 2 aromatic rings. The average Bonchev–Trinajstić information content (AvgIpc) is 2.41. The van der Waals surface area contributed by atoms with Crippen molar-refractivity contribution in [3.8, 4) is 5.75 Å². The molecule has 2 N–H and O–H groups in total. The van der Waals surface area contributed by atoms with Crippen molar-refractivity contribution in [2.75, 3.05) is 0 Å². The molecule has 0 bridgehead atoms. The van der Waals surface area contributed by atoms with E-state index in [1.165, 1.54) is 6.07 Å². The summed E-state index contributed by atoms with van der Waals surface area (Å²) in [5, 5.41) is 14.8. The van der Waals surface area contributed by atoms with E-state index in [1.54, 1.807) is 6.07 Å². The first-order valence-corrected chi connectivity index (χ1v) is 7.74. The fraction of sp³-hybridized carbons (Fsp3) is 0.250. The van der Waals surface area contributed by atoms with Crippen molar-refractivity contribution in [1.29, 1.82) is 0 Å². The third kappa shape index (κ3) is 4.79. The predicted octanol–water partition coefficient (Wildman–Crippen LogP) is 5.07. The van der Waals surface area contributed by atoms with Crippen LogP contribution in [0.1, 0.15) is 18.1 Å². The maximum atomic E-state index is 9.91. The van der Waals surface area contributed by atoms with Gasteiger partial charge in [0.1, 0.15) is 5.75 Å². The molecule has 1 atom stereocenters. The molecule has 0 heterocycles. The minimum Gasteiger partial charge on any atom is -0.506 e. The standard InChI is InChI=1S/C16H16Cl3NO/c1-10(5-11-3-2-4-13(17)6-11)20-9-12-7-14(18)8-15(19)16(12)21/h2-4,6-8,10,20-21H,5,9H2,1H3. The van der Waals surface area contributed by atoms with E-state index in [1.807, 2.05) is 24.3 Å². The molecule has 0 aliphatic heterocycles. The molecule has 0 aliphatic carbocycles. The summed E-state index contributed by atoms with van der Waals surface area (Å²) in [7, 11) is 0. The molecule has 0 aromatic heterocycles. The Kier molecular flexibility index (Phi) is 5.77. The highest BCUT2D eigenvalue weighted by Crippen LogP contribution is 2.31. The molecule has 0 amide bonds. The topological polar surface area (TPSA) is 32.3 Å². The number of rotatable bonds is 5. The van der Waals surface area contributed by atoms with Crippen molar-refractivity contribution < 1.29 is 5.11 Å². The molecule has 0 saturated carbocycles. The normalized spacial score (nSPS) is 12.4. The lowest BCUT2D eigenvalue weighted by atomic mass is 10.1. The lowest BCUT2D eigenvalue weighted by Crippen LogP contribution is -2.27. The van der Waals surface area contributed by atoms with Gasteiger partial charge in [-0.15, -0.1) is 0 Å². The molecule has 0 fully saturated rings. The van der Waals surface area contributed by atoms with Crippen LogP contribution in [0.4, 0.5) is 0 Å². The predicted molar refractivity (Wildman–Crippen MR) is 89.6 cm³/mol. The zero-order chi connectivity index (χ0) is 15.4. The zero-order valence-corrected chi connectivity index (χ0v) is 13.8. The van der Waals surface area contributed by atoms with Crippen molar-refractivity contribution in [2.24, 2.45) is 0 Å². The summed E-state index contributed by atoms with van der Waals surface area (Å²) in [4.78, 5) is 0. The van der Waals surface area contributed by atoms with Crippen molar-refractivity contribution >= 4 is 34.8 Å². The first-order valence-electron chi connectivity index (χ1n) is 6.60. The number of aromatic hydroxyl groups is 1. The second-order valence-corrected chi connectivity index (χ2v) is 6.29. The number of benzene rings is 2. The van der Waals surface area contributed by atoms with Crippen LogP contribution in [0.2, 0.25) is 15.1 Å². The van der Waals surface area contributed by atoms with Crippen LogP contribution >= 0.6 is 34.8 Å². The second-order valence-electron chi connectivity index (χ2n) is 5.01. The van der Waals surface area contributed by atoms with Gasteiger partial charge in [-0.1, -0.05) is 46.9 Å². The highest BCUT2D eigenvalue weighted by molar-refractivity contribution is 6.35. The third-order valence-corrected chi connectivity index (χ3v) is 3.92. The number of hydrogen-bond donors (Lipinski definition) is 2. The fourth-order valence-electron chi connectivity index (χ4n) is 2.13. The molecule has 5 heteroatoms. The largest absolute Gasteiger partial charge is 0.506 e. The van der Waals surface area contributed by atoms with Gasteiger partial charge in [0.05, 0.1) is 5.02 Å². The first kappa shape index (κ1) is 16.4. The maximum Gasteiger partial charge on any atom is 0.138 e.